The van der Waals surface area contributed by atoms with Gasteiger partial charge >= 0.3 is 0 Å². The number of hydrogen-bond acceptors (Lipinski definition) is 8. The third kappa shape index (κ3) is 24.0. The Bertz CT molecular complexity index is 753. The molecule has 0 aliphatic carbocycles. The number of hydrogen-bond donors (Lipinski definition) is 7. The minimum atomic E-state index is -0.303. The highest BCUT2D eigenvalue weighted by Crippen LogP contribution is 2.10. The smallest absolute Gasteiger partial charge is 0.222 e. The van der Waals surface area contributed by atoms with Crippen molar-refractivity contribution in [2.75, 3.05) is 47.8 Å². The molecule has 0 saturated carbocycles. The molecule has 11 heteroatoms. The molecule has 11 nitrogen and oxygen atoms in total. The zero-order chi connectivity index (χ0) is 32.3. The summed E-state index contributed by atoms with van der Waals surface area (Å²) in [6.45, 7) is 6.01. The molecule has 0 fully saturated rings. The van der Waals surface area contributed by atoms with Crippen molar-refractivity contribution in [2.45, 2.75) is 134 Å². The fraction of sp³-hybridized carbons (Fsp3) is 0.875. The van der Waals surface area contributed by atoms with Crippen molar-refractivity contribution in [3.05, 3.63) is 0 Å². The molecule has 0 radical (unpaired) electrons. The molecule has 252 valence electrons. The fourth-order valence-electron chi connectivity index (χ4n) is 5.22. The van der Waals surface area contributed by atoms with Gasteiger partial charge in [-0.05, 0) is 93.1 Å². The van der Waals surface area contributed by atoms with Gasteiger partial charge in [0.1, 0.15) is 5.78 Å². The Labute approximate surface area is 262 Å². The molecule has 0 aliphatic heterocycles. The summed E-state index contributed by atoms with van der Waals surface area (Å²) in [5, 5.41) is 21.9. The molecule has 4 unspecified atom stereocenters. The molecule has 0 aromatic carbocycles. The summed E-state index contributed by atoms with van der Waals surface area (Å²) in [6.07, 6.45) is 11.2. The van der Waals surface area contributed by atoms with Crippen LogP contribution < -0.4 is 37.2 Å². The third-order valence-electron chi connectivity index (χ3n) is 7.79. The fourth-order valence-corrected chi connectivity index (χ4v) is 5.22. The van der Waals surface area contributed by atoms with E-state index in [2.05, 4.69) is 44.1 Å². The maximum absolute atomic E-state index is 13.1. The number of carbonyl (C=O) groups excluding carboxylic acids is 4. The second kappa shape index (κ2) is 27.5. The summed E-state index contributed by atoms with van der Waals surface area (Å²) >= 11 is 0. The Balaban J connectivity index is 4.88. The van der Waals surface area contributed by atoms with Gasteiger partial charge in [0.25, 0.3) is 0 Å². The van der Waals surface area contributed by atoms with Gasteiger partial charge in [-0.15, -0.1) is 0 Å². The van der Waals surface area contributed by atoms with Crippen LogP contribution in [0.2, 0.25) is 0 Å². The van der Waals surface area contributed by atoms with E-state index < -0.39 is 0 Å². The summed E-state index contributed by atoms with van der Waals surface area (Å²) in [5.41, 5.74) is 0. The number of Topliss-reactive ketones (excluding diaryl/α,β-unsaturated/α-hetero) is 1. The summed E-state index contributed by atoms with van der Waals surface area (Å²) in [5.74, 6) is -0.198. The molecule has 0 saturated heterocycles. The molecule has 0 aromatic rings. The summed E-state index contributed by atoms with van der Waals surface area (Å²) in [4.78, 5) is 50.3. The van der Waals surface area contributed by atoms with Gasteiger partial charge in [-0.2, -0.15) is 0 Å². The Hall–Kier alpha value is -2.08. The van der Waals surface area contributed by atoms with E-state index in [-0.39, 0.29) is 60.5 Å². The summed E-state index contributed by atoms with van der Waals surface area (Å²) in [6, 6.07) is -0.300. The number of amides is 3. The second-order valence-corrected chi connectivity index (χ2v) is 11.9. The van der Waals surface area contributed by atoms with Crippen LogP contribution in [-0.2, 0) is 19.2 Å². The van der Waals surface area contributed by atoms with Gasteiger partial charge in [0.05, 0.1) is 0 Å². The number of carbonyl (C=O) groups is 4. The van der Waals surface area contributed by atoms with Gasteiger partial charge in [-0.3, -0.25) is 19.2 Å². The molecular formula is C32H65N7O4. The molecule has 3 amide bonds. The first-order chi connectivity index (χ1) is 20.7. The van der Waals surface area contributed by atoms with Crippen LogP contribution in [0, 0.1) is 0 Å². The van der Waals surface area contributed by atoms with E-state index in [4.69, 9.17) is 0 Å². The lowest BCUT2D eigenvalue weighted by Crippen LogP contribution is -2.44. The molecule has 0 aliphatic rings. The quantitative estimate of drug-likeness (QED) is 0.0636. The Morgan fingerprint density at radius 2 is 0.953 bits per heavy atom. The predicted molar refractivity (Wildman–Crippen MR) is 176 cm³/mol. The van der Waals surface area contributed by atoms with Crippen molar-refractivity contribution in [1.82, 2.24) is 37.2 Å². The van der Waals surface area contributed by atoms with Crippen molar-refractivity contribution < 1.29 is 19.2 Å². The minimum absolute atomic E-state index is 0.00609. The van der Waals surface area contributed by atoms with Gasteiger partial charge in [-0.25, -0.2) is 0 Å². The Morgan fingerprint density at radius 1 is 0.512 bits per heavy atom. The van der Waals surface area contributed by atoms with Crippen LogP contribution in [0.3, 0.4) is 0 Å². The van der Waals surface area contributed by atoms with Gasteiger partial charge in [0.2, 0.25) is 17.7 Å². The predicted octanol–water partition coefficient (Wildman–Crippen LogP) is 2.15. The van der Waals surface area contributed by atoms with Gasteiger partial charge in [0, 0.05) is 56.4 Å². The highest BCUT2D eigenvalue weighted by molar-refractivity contribution is 5.81. The molecule has 0 spiro atoms. The maximum Gasteiger partial charge on any atom is 0.222 e. The number of ketones is 1. The first-order valence-corrected chi connectivity index (χ1v) is 16.7. The highest BCUT2D eigenvalue weighted by atomic mass is 16.2. The molecular weight excluding hydrogens is 546 g/mol. The standard InChI is InChI=1S/C32H65N7O4/c1-7-8-14-26(35-5)23-31(42)39-29(16-10-12-19-34-4)24-32(43)38-28(21-25(2)40)17-13-20-37-30(41)22-27(36-6)15-9-11-18-33-3/h26-29,33-36H,7-24H2,1-6H3,(H,37,41)(H,38,43)(H,39,42). The Kier molecular flexibility index (Phi) is 26.1. The molecule has 0 heterocycles. The topological polar surface area (TPSA) is 152 Å². The molecule has 43 heavy (non-hydrogen) atoms. The van der Waals surface area contributed by atoms with Crippen molar-refractivity contribution >= 4 is 23.5 Å². The number of nitrogens with one attached hydrogen (secondary N) is 7. The van der Waals surface area contributed by atoms with E-state index >= 15 is 0 Å². The lowest BCUT2D eigenvalue weighted by Gasteiger charge is -2.23. The highest BCUT2D eigenvalue weighted by Gasteiger charge is 2.21. The van der Waals surface area contributed by atoms with Crippen LogP contribution >= 0.6 is 0 Å². The minimum Gasteiger partial charge on any atom is -0.356 e. The normalized spacial score (nSPS) is 14.0. The first-order valence-electron chi connectivity index (χ1n) is 16.7. The molecule has 0 bridgehead atoms. The van der Waals surface area contributed by atoms with E-state index in [9.17, 15) is 19.2 Å². The monoisotopic (exact) mass is 612 g/mol. The SMILES string of the molecule is CCCCC(CC(=O)NC(CCCCNC)CC(=O)NC(CCCNC(=O)CC(CCCCNC)NC)CC(C)=O)NC. The zero-order valence-electron chi connectivity index (χ0n) is 28.2. The van der Waals surface area contributed by atoms with E-state index in [0.29, 0.717) is 38.6 Å². The van der Waals surface area contributed by atoms with E-state index in [1.54, 1.807) is 0 Å². The average molecular weight is 612 g/mol. The molecule has 4 atom stereocenters. The van der Waals surface area contributed by atoms with Crippen molar-refractivity contribution in [1.29, 1.82) is 0 Å². The number of unbranched alkanes of at least 4 members (excludes halogenated alkanes) is 3. The van der Waals surface area contributed by atoms with Crippen LogP contribution in [0.1, 0.15) is 110 Å². The second-order valence-electron chi connectivity index (χ2n) is 11.9. The summed E-state index contributed by atoms with van der Waals surface area (Å²) in [7, 11) is 7.62. The van der Waals surface area contributed by atoms with Crippen LogP contribution in [0.5, 0.6) is 0 Å². The van der Waals surface area contributed by atoms with Crippen LogP contribution in [0.4, 0.5) is 0 Å². The van der Waals surface area contributed by atoms with Crippen LogP contribution in [0.15, 0.2) is 0 Å². The lowest BCUT2D eigenvalue weighted by atomic mass is 10.0. The van der Waals surface area contributed by atoms with E-state index in [1.165, 1.54) is 6.92 Å². The third-order valence-corrected chi connectivity index (χ3v) is 7.79. The van der Waals surface area contributed by atoms with Crippen molar-refractivity contribution in [3.8, 4) is 0 Å². The molecule has 0 aromatic heterocycles. The molecule has 7 N–H and O–H groups in total. The van der Waals surface area contributed by atoms with Crippen LogP contribution in [-0.4, -0.2) is 95.5 Å². The number of rotatable bonds is 29. The van der Waals surface area contributed by atoms with Crippen molar-refractivity contribution in [2.24, 2.45) is 0 Å². The van der Waals surface area contributed by atoms with Gasteiger partial charge < -0.3 is 37.2 Å². The zero-order valence-corrected chi connectivity index (χ0v) is 28.2. The van der Waals surface area contributed by atoms with Crippen molar-refractivity contribution in [3.63, 3.8) is 0 Å². The maximum atomic E-state index is 13.1. The average Bonchev–Trinajstić information content (AvgIpc) is 2.96. The first kappa shape index (κ1) is 40.9. The Morgan fingerprint density at radius 3 is 1.44 bits per heavy atom. The summed E-state index contributed by atoms with van der Waals surface area (Å²) < 4.78 is 0. The van der Waals surface area contributed by atoms with E-state index in [1.807, 2.05) is 28.2 Å². The largest absolute Gasteiger partial charge is 0.356 e. The lowest BCUT2D eigenvalue weighted by molar-refractivity contribution is -0.125. The van der Waals surface area contributed by atoms with Gasteiger partial charge in [0.15, 0.2) is 0 Å². The van der Waals surface area contributed by atoms with Gasteiger partial charge in [-0.1, -0.05) is 32.6 Å². The van der Waals surface area contributed by atoms with Crippen LogP contribution in [0.25, 0.3) is 0 Å². The molecule has 0 rings (SSSR count). The van der Waals surface area contributed by atoms with E-state index in [0.717, 1.165) is 64.5 Å².